The molecule has 1 aromatic carbocycles. The van der Waals surface area contributed by atoms with Gasteiger partial charge in [-0.05, 0) is 42.2 Å². The normalized spacial score (nSPS) is 19.6. The standard InChI is InChI=1S/C17H18BrN3O/c1-21(2)16-8-7-13(10-19-16)20-17(22)15-9-14(15)11-3-5-12(18)6-4-11/h3-8,10,14-15H,9H2,1-2H3,(H,20,22). The monoisotopic (exact) mass is 359 g/mol. The van der Waals surface area contributed by atoms with E-state index in [4.69, 9.17) is 0 Å². The van der Waals surface area contributed by atoms with E-state index in [0.717, 1.165) is 22.4 Å². The largest absolute Gasteiger partial charge is 0.363 e. The van der Waals surface area contributed by atoms with Crippen molar-refractivity contribution >= 4 is 33.3 Å². The second kappa shape index (κ2) is 6.08. The molecular formula is C17H18BrN3O. The van der Waals surface area contributed by atoms with Crippen LogP contribution in [0, 0.1) is 5.92 Å². The van der Waals surface area contributed by atoms with Crippen molar-refractivity contribution < 1.29 is 4.79 Å². The van der Waals surface area contributed by atoms with Gasteiger partial charge in [0, 0.05) is 24.5 Å². The summed E-state index contributed by atoms with van der Waals surface area (Å²) >= 11 is 3.43. The lowest BCUT2D eigenvalue weighted by atomic mass is 10.1. The number of amides is 1. The van der Waals surface area contributed by atoms with Gasteiger partial charge < -0.3 is 10.2 Å². The molecule has 1 saturated carbocycles. The van der Waals surface area contributed by atoms with Gasteiger partial charge in [-0.1, -0.05) is 28.1 Å². The second-order valence-corrected chi connectivity index (χ2v) is 6.70. The summed E-state index contributed by atoms with van der Waals surface area (Å²) < 4.78 is 1.06. The van der Waals surface area contributed by atoms with Crippen LogP contribution in [0.1, 0.15) is 17.9 Å². The SMILES string of the molecule is CN(C)c1ccc(NC(=O)C2CC2c2ccc(Br)cc2)cn1. The summed E-state index contributed by atoms with van der Waals surface area (Å²) in [6.07, 6.45) is 2.61. The molecule has 2 unspecified atom stereocenters. The molecule has 2 aromatic rings. The fourth-order valence-corrected chi connectivity index (χ4v) is 2.79. The molecule has 1 aliphatic rings. The lowest BCUT2D eigenvalue weighted by Crippen LogP contribution is -2.15. The zero-order chi connectivity index (χ0) is 15.7. The number of nitrogens with one attached hydrogen (secondary N) is 1. The van der Waals surface area contributed by atoms with Crippen LogP contribution in [0.5, 0.6) is 0 Å². The van der Waals surface area contributed by atoms with Crippen molar-refractivity contribution in [1.29, 1.82) is 0 Å². The maximum Gasteiger partial charge on any atom is 0.228 e. The van der Waals surface area contributed by atoms with Crippen molar-refractivity contribution in [2.45, 2.75) is 12.3 Å². The van der Waals surface area contributed by atoms with Gasteiger partial charge in [0.1, 0.15) is 5.82 Å². The highest BCUT2D eigenvalue weighted by atomic mass is 79.9. The molecule has 1 heterocycles. The molecule has 1 fully saturated rings. The third-order valence-corrected chi connectivity index (χ3v) is 4.43. The van der Waals surface area contributed by atoms with Crippen molar-refractivity contribution in [1.82, 2.24) is 4.98 Å². The average molecular weight is 360 g/mol. The van der Waals surface area contributed by atoms with Gasteiger partial charge in [0.2, 0.25) is 5.91 Å². The predicted molar refractivity (Wildman–Crippen MR) is 92.2 cm³/mol. The van der Waals surface area contributed by atoms with E-state index in [-0.39, 0.29) is 11.8 Å². The molecule has 5 heteroatoms. The van der Waals surface area contributed by atoms with Crippen molar-refractivity contribution in [2.75, 3.05) is 24.3 Å². The summed E-state index contributed by atoms with van der Waals surface area (Å²) in [7, 11) is 3.88. The number of rotatable bonds is 4. The van der Waals surface area contributed by atoms with Crippen molar-refractivity contribution in [3.8, 4) is 0 Å². The van der Waals surface area contributed by atoms with Crippen LogP contribution in [-0.4, -0.2) is 25.0 Å². The highest BCUT2D eigenvalue weighted by Gasteiger charge is 2.43. The minimum absolute atomic E-state index is 0.0645. The lowest BCUT2D eigenvalue weighted by molar-refractivity contribution is -0.117. The number of pyridine rings is 1. The number of hydrogen-bond acceptors (Lipinski definition) is 3. The second-order valence-electron chi connectivity index (χ2n) is 5.79. The molecule has 0 aliphatic heterocycles. The van der Waals surface area contributed by atoms with Gasteiger partial charge in [-0.2, -0.15) is 0 Å². The van der Waals surface area contributed by atoms with E-state index in [9.17, 15) is 4.79 Å². The number of aromatic nitrogens is 1. The zero-order valence-corrected chi connectivity index (χ0v) is 14.2. The number of hydrogen-bond donors (Lipinski definition) is 1. The van der Waals surface area contributed by atoms with Crippen LogP contribution >= 0.6 is 15.9 Å². The minimum atomic E-state index is 0.0645. The third kappa shape index (κ3) is 3.30. The predicted octanol–water partition coefficient (Wildman–Crippen LogP) is 3.65. The fraction of sp³-hybridized carbons (Fsp3) is 0.294. The number of nitrogens with zero attached hydrogens (tertiary/aromatic N) is 2. The molecule has 0 spiro atoms. The van der Waals surface area contributed by atoms with E-state index in [1.165, 1.54) is 5.56 Å². The van der Waals surface area contributed by atoms with Crippen molar-refractivity contribution in [3.05, 3.63) is 52.6 Å². The van der Waals surface area contributed by atoms with Crippen LogP contribution in [0.4, 0.5) is 11.5 Å². The van der Waals surface area contributed by atoms with Crippen molar-refractivity contribution in [2.24, 2.45) is 5.92 Å². The van der Waals surface area contributed by atoms with E-state index in [0.29, 0.717) is 5.92 Å². The lowest BCUT2D eigenvalue weighted by Gasteiger charge is -2.11. The molecule has 0 saturated heterocycles. The smallest absolute Gasteiger partial charge is 0.228 e. The topological polar surface area (TPSA) is 45.2 Å². The number of halogens is 1. The summed E-state index contributed by atoms with van der Waals surface area (Å²) in [5.41, 5.74) is 1.97. The van der Waals surface area contributed by atoms with Gasteiger partial charge in [0.25, 0.3) is 0 Å². The molecule has 1 N–H and O–H groups in total. The first kappa shape index (κ1) is 15.0. The summed E-state index contributed by atoms with van der Waals surface area (Å²) in [6.45, 7) is 0. The Labute approximate surface area is 138 Å². The summed E-state index contributed by atoms with van der Waals surface area (Å²) in [4.78, 5) is 18.5. The third-order valence-electron chi connectivity index (χ3n) is 3.90. The zero-order valence-electron chi connectivity index (χ0n) is 12.6. The Morgan fingerprint density at radius 3 is 2.55 bits per heavy atom. The van der Waals surface area contributed by atoms with Crippen LogP contribution < -0.4 is 10.2 Å². The van der Waals surface area contributed by atoms with E-state index in [1.54, 1.807) is 6.20 Å². The average Bonchev–Trinajstić information content (AvgIpc) is 3.29. The number of carbonyl (C=O) groups excluding carboxylic acids is 1. The van der Waals surface area contributed by atoms with E-state index in [1.807, 2.05) is 43.3 Å². The first-order chi connectivity index (χ1) is 10.5. The van der Waals surface area contributed by atoms with Gasteiger partial charge >= 0.3 is 0 Å². The summed E-state index contributed by atoms with van der Waals surface area (Å²) in [5, 5.41) is 2.95. The Bertz CT molecular complexity index is 667. The molecule has 0 radical (unpaired) electrons. The maximum atomic E-state index is 12.3. The quantitative estimate of drug-likeness (QED) is 0.905. The Morgan fingerprint density at radius 1 is 1.23 bits per heavy atom. The van der Waals surface area contributed by atoms with Gasteiger partial charge in [-0.15, -0.1) is 0 Å². The fourth-order valence-electron chi connectivity index (χ4n) is 2.52. The highest BCUT2D eigenvalue weighted by Crippen LogP contribution is 2.48. The van der Waals surface area contributed by atoms with Gasteiger partial charge in [0.15, 0.2) is 0 Å². The first-order valence-electron chi connectivity index (χ1n) is 7.24. The highest BCUT2D eigenvalue weighted by molar-refractivity contribution is 9.10. The Kier molecular flexibility index (Phi) is 4.16. The molecule has 1 amide bonds. The summed E-state index contributed by atoms with van der Waals surface area (Å²) in [5.74, 6) is 1.35. The number of anilines is 2. The summed E-state index contributed by atoms with van der Waals surface area (Å²) in [6, 6.07) is 12.0. The van der Waals surface area contributed by atoms with E-state index in [2.05, 4.69) is 38.4 Å². The molecule has 1 aliphatic carbocycles. The molecular weight excluding hydrogens is 342 g/mol. The molecule has 2 atom stereocenters. The van der Waals surface area contributed by atoms with Gasteiger partial charge in [0.05, 0.1) is 11.9 Å². The number of benzene rings is 1. The van der Waals surface area contributed by atoms with Crippen LogP contribution in [0.3, 0.4) is 0 Å². The molecule has 4 nitrogen and oxygen atoms in total. The van der Waals surface area contributed by atoms with Gasteiger partial charge in [-0.25, -0.2) is 4.98 Å². The van der Waals surface area contributed by atoms with Crippen LogP contribution in [-0.2, 0) is 4.79 Å². The van der Waals surface area contributed by atoms with Crippen molar-refractivity contribution in [3.63, 3.8) is 0 Å². The Morgan fingerprint density at radius 2 is 1.95 bits per heavy atom. The van der Waals surface area contributed by atoms with Crippen LogP contribution in [0.15, 0.2) is 47.1 Å². The molecule has 1 aromatic heterocycles. The minimum Gasteiger partial charge on any atom is -0.363 e. The molecule has 3 rings (SSSR count). The van der Waals surface area contributed by atoms with Crippen LogP contribution in [0.25, 0.3) is 0 Å². The maximum absolute atomic E-state index is 12.3. The van der Waals surface area contributed by atoms with Crippen LogP contribution in [0.2, 0.25) is 0 Å². The molecule has 114 valence electrons. The Hall–Kier alpha value is -1.88. The van der Waals surface area contributed by atoms with E-state index >= 15 is 0 Å². The van der Waals surface area contributed by atoms with E-state index < -0.39 is 0 Å². The first-order valence-corrected chi connectivity index (χ1v) is 8.03. The molecule has 0 bridgehead atoms. The molecule has 22 heavy (non-hydrogen) atoms. The van der Waals surface area contributed by atoms with Gasteiger partial charge in [-0.3, -0.25) is 4.79 Å². The Balaban J connectivity index is 1.60. The number of carbonyl (C=O) groups is 1.